The highest BCUT2D eigenvalue weighted by atomic mass is 35.5. The molecule has 28 heavy (non-hydrogen) atoms. The zero-order valence-corrected chi connectivity index (χ0v) is 16.9. The molecule has 2 aliphatic rings. The Morgan fingerprint density at radius 2 is 1.89 bits per heavy atom. The Labute approximate surface area is 173 Å². The van der Waals surface area contributed by atoms with Crippen molar-refractivity contribution in [2.45, 2.75) is 43.2 Å². The van der Waals surface area contributed by atoms with Crippen LogP contribution >= 0.6 is 23.2 Å². The van der Waals surface area contributed by atoms with E-state index >= 15 is 0 Å². The average molecular weight is 415 g/mol. The molecular formula is C21H20Cl2N4O. The van der Waals surface area contributed by atoms with Gasteiger partial charge in [0.15, 0.2) is 0 Å². The van der Waals surface area contributed by atoms with Crippen molar-refractivity contribution in [1.82, 2.24) is 20.0 Å². The first-order chi connectivity index (χ1) is 13.6. The first-order valence-electron chi connectivity index (χ1n) is 9.52. The van der Waals surface area contributed by atoms with Crippen LogP contribution in [0.25, 0.3) is 11.4 Å². The molecule has 2 fully saturated rings. The summed E-state index contributed by atoms with van der Waals surface area (Å²) in [6.45, 7) is 0. The number of likely N-dealkylation sites (N-methyl/N-ethyl adjacent to an activating group) is 1. The fourth-order valence-electron chi connectivity index (χ4n) is 4.88. The molecular weight excluding hydrogens is 395 g/mol. The van der Waals surface area contributed by atoms with Crippen LogP contribution in [0.3, 0.4) is 0 Å². The zero-order chi connectivity index (χ0) is 19.3. The van der Waals surface area contributed by atoms with Crippen LogP contribution in [0.5, 0.6) is 0 Å². The number of hydrogen-bond donors (Lipinski definition) is 0. The Bertz CT molecular complexity index is 993. The van der Waals surface area contributed by atoms with E-state index in [0.29, 0.717) is 33.8 Å². The van der Waals surface area contributed by atoms with E-state index in [2.05, 4.69) is 28.2 Å². The van der Waals surface area contributed by atoms with Gasteiger partial charge in [0.1, 0.15) is 0 Å². The SMILES string of the molecule is CN1C2CC[C@@H]1[C@H](c1nc(-c3ccncc3)no1)[C@@H](c1ccc(Cl)c(Cl)c1)C2. The molecule has 1 aromatic carbocycles. The van der Waals surface area contributed by atoms with Gasteiger partial charge in [-0.3, -0.25) is 9.88 Å². The summed E-state index contributed by atoms with van der Waals surface area (Å²) in [5.41, 5.74) is 2.10. The molecule has 7 heteroatoms. The molecule has 2 aromatic heterocycles. The normalized spacial score (nSPS) is 27.2. The molecule has 1 unspecified atom stereocenters. The predicted octanol–water partition coefficient (Wildman–Crippen LogP) is 5.17. The fourth-order valence-corrected chi connectivity index (χ4v) is 5.18. The summed E-state index contributed by atoms with van der Waals surface area (Å²) in [7, 11) is 2.21. The Hall–Kier alpha value is -1.95. The Balaban J connectivity index is 1.55. The second kappa shape index (κ2) is 7.14. The number of rotatable bonds is 3. The van der Waals surface area contributed by atoms with E-state index in [1.165, 1.54) is 12.0 Å². The van der Waals surface area contributed by atoms with Crippen molar-refractivity contribution in [3.8, 4) is 11.4 Å². The highest BCUT2D eigenvalue weighted by Crippen LogP contribution is 2.51. The van der Waals surface area contributed by atoms with Crippen LogP contribution in [-0.4, -0.2) is 39.2 Å². The van der Waals surface area contributed by atoms with Crippen molar-refractivity contribution in [1.29, 1.82) is 0 Å². The molecule has 0 saturated carbocycles. The van der Waals surface area contributed by atoms with Gasteiger partial charge < -0.3 is 4.52 Å². The van der Waals surface area contributed by atoms with E-state index in [9.17, 15) is 0 Å². The summed E-state index contributed by atoms with van der Waals surface area (Å²) in [6, 6.07) is 10.7. The molecule has 0 radical (unpaired) electrons. The maximum Gasteiger partial charge on any atom is 0.232 e. The minimum atomic E-state index is 0.129. The lowest BCUT2D eigenvalue weighted by atomic mass is 9.76. The van der Waals surface area contributed by atoms with Crippen molar-refractivity contribution in [2.75, 3.05) is 7.05 Å². The van der Waals surface area contributed by atoms with E-state index in [1.807, 2.05) is 24.3 Å². The maximum atomic E-state index is 6.33. The van der Waals surface area contributed by atoms with Gasteiger partial charge in [0.25, 0.3) is 0 Å². The fraction of sp³-hybridized carbons (Fsp3) is 0.381. The molecule has 144 valence electrons. The molecule has 4 atom stereocenters. The first kappa shape index (κ1) is 18.1. The largest absolute Gasteiger partial charge is 0.339 e. The molecule has 2 bridgehead atoms. The maximum absolute atomic E-state index is 6.33. The number of halogens is 2. The number of aromatic nitrogens is 3. The van der Waals surface area contributed by atoms with Crippen molar-refractivity contribution in [2.24, 2.45) is 0 Å². The van der Waals surface area contributed by atoms with E-state index in [0.717, 1.165) is 18.4 Å². The van der Waals surface area contributed by atoms with Gasteiger partial charge in [0.05, 0.1) is 16.0 Å². The molecule has 0 aliphatic carbocycles. The van der Waals surface area contributed by atoms with Gasteiger partial charge in [-0.25, -0.2) is 0 Å². The summed E-state index contributed by atoms with van der Waals surface area (Å²) in [4.78, 5) is 11.3. The molecule has 0 amide bonds. The second-order valence-electron chi connectivity index (χ2n) is 7.70. The van der Waals surface area contributed by atoms with Crippen LogP contribution < -0.4 is 0 Å². The lowest BCUT2D eigenvalue weighted by molar-refractivity contribution is 0.120. The third-order valence-corrected chi connectivity index (χ3v) is 7.05. The van der Waals surface area contributed by atoms with Gasteiger partial charge in [-0.2, -0.15) is 4.98 Å². The van der Waals surface area contributed by atoms with Crippen LogP contribution in [0, 0.1) is 0 Å². The third-order valence-electron chi connectivity index (χ3n) is 6.31. The van der Waals surface area contributed by atoms with E-state index in [-0.39, 0.29) is 11.8 Å². The second-order valence-corrected chi connectivity index (χ2v) is 8.51. The highest BCUT2D eigenvalue weighted by Gasteiger charge is 2.49. The van der Waals surface area contributed by atoms with Crippen molar-refractivity contribution < 1.29 is 4.52 Å². The number of fused-ring (bicyclic) bond motifs is 2. The summed E-state index contributed by atoms with van der Waals surface area (Å²) >= 11 is 12.5. The van der Waals surface area contributed by atoms with Crippen molar-refractivity contribution >= 4 is 23.2 Å². The molecule has 0 N–H and O–H groups in total. The number of nitrogens with zero attached hydrogens (tertiary/aromatic N) is 4. The number of pyridine rings is 1. The number of benzene rings is 1. The average Bonchev–Trinajstić information content (AvgIpc) is 3.28. The van der Waals surface area contributed by atoms with Crippen LogP contribution in [0.4, 0.5) is 0 Å². The molecule has 0 spiro atoms. The molecule has 4 heterocycles. The van der Waals surface area contributed by atoms with Crippen LogP contribution in [0.2, 0.25) is 10.0 Å². The summed E-state index contributed by atoms with van der Waals surface area (Å²) < 4.78 is 5.80. The van der Waals surface area contributed by atoms with Crippen LogP contribution in [-0.2, 0) is 0 Å². The van der Waals surface area contributed by atoms with E-state index in [4.69, 9.17) is 32.7 Å². The first-order valence-corrected chi connectivity index (χ1v) is 10.3. The van der Waals surface area contributed by atoms with Crippen molar-refractivity contribution in [3.05, 3.63) is 64.2 Å². The summed E-state index contributed by atoms with van der Waals surface area (Å²) in [5, 5.41) is 5.42. The zero-order valence-electron chi connectivity index (χ0n) is 15.4. The molecule has 3 aromatic rings. The van der Waals surface area contributed by atoms with Gasteiger partial charge >= 0.3 is 0 Å². The smallest absolute Gasteiger partial charge is 0.232 e. The number of hydrogen-bond acceptors (Lipinski definition) is 5. The van der Waals surface area contributed by atoms with Gasteiger partial charge in [0.2, 0.25) is 11.7 Å². The summed E-state index contributed by atoms with van der Waals surface area (Å²) in [6.07, 6.45) is 6.85. The van der Waals surface area contributed by atoms with Crippen molar-refractivity contribution in [3.63, 3.8) is 0 Å². The molecule has 2 aliphatic heterocycles. The number of piperidine rings is 1. The molecule has 2 saturated heterocycles. The lowest BCUT2D eigenvalue weighted by Gasteiger charge is -2.41. The highest BCUT2D eigenvalue weighted by molar-refractivity contribution is 6.42. The quantitative estimate of drug-likeness (QED) is 0.591. The molecule has 5 rings (SSSR count). The van der Waals surface area contributed by atoms with Crippen LogP contribution in [0.1, 0.15) is 42.6 Å². The Morgan fingerprint density at radius 3 is 2.68 bits per heavy atom. The Morgan fingerprint density at radius 1 is 1.07 bits per heavy atom. The van der Waals surface area contributed by atoms with Gasteiger partial charge in [0, 0.05) is 30.0 Å². The predicted molar refractivity (Wildman–Crippen MR) is 109 cm³/mol. The summed E-state index contributed by atoms with van der Waals surface area (Å²) in [5.74, 6) is 1.70. The topological polar surface area (TPSA) is 55.1 Å². The minimum Gasteiger partial charge on any atom is -0.339 e. The minimum absolute atomic E-state index is 0.129. The standard InChI is InChI=1S/C21H20Cl2N4O/c1-27-14-3-5-18(27)19(15(11-14)13-2-4-16(22)17(23)10-13)21-25-20(26-28-21)12-6-8-24-9-7-12/h2,4,6-10,14-15,18-19H,3,5,11H2,1H3/t14?,15-,18-,19-/m1/s1. The van der Waals surface area contributed by atoms with E-state index in [1.54, 1.807) is 12.4 Å². The monoisotopic (exact) mass is 414 g/mol. The lowest BCUT2D eigenvalue weighted by Crippen LogP contribution is -2.44. The van der Waals surface area contributed by atoms with E-state index < -0.39 is 0 Å². The van der Waals surface area contributed by atoms with Gasteiger partial charge in [-0.05, 0) is 62.1 Å². The van der Waals surface area contributed by atoms with Gasteiger partial charge in [-0.1, -0.05) is 34.4 Å². The Kier molecular flexibility index (Phi) is 4.62. The van der Waals surface area contributed by atoms with Crippen LogP contribution in [0.15, 0.2) is 47.2 Å². The van der Waals surface area contributed by atoms with Gasteiger partial charge in [-0.15, -0.1) is 0 Å². The molecule has 5 nitrogen and oxygen atoms in total. The third kappa shape index (κ3) is 3.02.